The number of thioether (sulfide) groups is 1. The molecule has 0 radical (unpaired) electrons. The fourth-order valence-corrected chi connectivity index (χ4v) is 2.18. The second kappa shape index (κ2) is 6.40. The molecule has 0 aromatic heterocycles. The minimum atomic E-state index is -0.398. The summed E-state index contributed by atoms with van der Waals surface area (Å²) in [7, 11) is 0. The summed E-state index contributed by atoms with van der Waals surface area (Å²) in [6, 6.07) is 0. The second-order valence-electron chi connectivity index (χ2n) is 4.69. The van der Waals surface area contributed by atoms with Gasteiger partial charge < -0.3 is 9.47 Å². The molecule has 1 heterocycles. The highest BCUT2D eigenvalue weighted by atomic mass is 32.2. The zero-order chi connectivity index (χ0) is 12.9. The molecule has 0 spiro atoms. The normalized spacial score (nSPS) is 20.6. The highest BCUT2D eigenvalue weighted by Gasteiger charge is 2.32. The third-order valence-electron chi connectivity index (χ3n) is 2.84. The molecule has 0 aromatic carbocycles. The van der Waals surface area contributed by atoms with E-state index in [4.69, 9.17) is 9.47 Å². The summed E-state index contributed by atoms with van der Waals surface area (Å²) in [6.07, 6.45) is 1.48. The Morgan fingerprint density at radius 2 is 2.00 bits per heavy atom. The van der Waals surface area contributed by atoms with Gasteiger partial charge in [-0.15, -0.1) is 0 Å². The maximum atomic E-state index is 11.8. The number of rotatable bonds is 4. The second-order valence-corrected chi connectivity index (χ2v) is 5.88. The van der Waals surface area contributed by atoms with Crippen molar-refractivity contribution in [1.82, 2.24) is 0 Å². The average Bonchev–Trinajstić information content (AvgIpc) is 2.26. The van der Waals surface area contributed by atoms with E-state index >= 15 is 0 Å². The number of esters is 1. The summed E-state index contributed by atoms with van der Waals surface area (Å²) in [5.74, 6) is 0.0209. The summed E-state index contributed by atoms with van der Waals surface area (Å²) in [6.45, 7) is 6.52. The van der Waals surface area contributed by atoms with Crippen LogP contribution in [0, 0.1) is 5.92 Å². The first-order valence-corrected chi connectivity index (χ1v) is 6.85. The van der Waals surface area contributed by atoms with Crippen molar-refractivity contribution < 1.29 is 19.1 Å². The maximum Gasteiger partial charge on any atom is 0.310 e. The van der Waals surface area contributed by atoms with Gasteiger partial charge >= 0.3 is 5.97 Å². The van der Waals surface area contributed by atoms with Crippen molar-refractivity contribution in [2.45, 2.75) is 39.2 Å². The zero-order valence-electron chi connectivity index (χ0n) is 10.7. The molecular formula is C12H20O4S. The predicted molar refractivity (Wildman–Crippen MR) is 66.9 cm³/mol. The Morgan fingerprint density at radius 3 is 2.53 bits per heavy atom. The van der Waals surface area contributed by atoms with Gasteiger partial charge in [-0.2, -0.15) is 0 Å². The lowest BCUT2D eigenvalue weighted by Gasteiger charge is -2.33. The number of ether oxygens (including phenoxy) is 2. The standard InChI is InChI=1S/C12H20O4S/c1-9(8-17-10(2)13)11(14)16-12(3)4-6-15-7-5-12/h9H,4-8H2,1-3H3. The smallest absolute Gasteiger partial charge is 0.310 e. The van der Waals surface area contributed by atoms with Gasteiger partial charge in [0, 0.05) is 25.5 Å². The van der Waals surface area contributed by atoms with E-state index in [1.165, 1.54) is 6.92 Å². The van der Waals surface area contributed by atoms with Gasteiger partial charge in [-0.25, -0.2) is 0 Å². The Bertz CT molecular complexity index is 284. The SMILES string of the molecule is CC(=O)SCC(C)C(=O)OC1(C)CCOCC1. The molecule has 1 unspecified atom stereocenters. The molecule has 4 nitrogen and oxygen atoms in total. The molecule has 5 heteroatoms. The van der Waals surface area contributed by atoms with Crippen LogP contribution in [0.4, 0.5) is 0 Å². The molecule has 1 rings (SSSR count). The largest absolute Gasteiger partial charge is 0.459 e. The topological polar surface area (TPSA) is 52.6 Å². The van der Waals surface area contributed by atoms with E-state index in [-0.39, 0.29) is 17.0 Å². The van der Waals surface area contributed by atoms with Gasteiger partial charge in [0.15, 0.2) is 5.12 Å². The average molecular weight is 260 g/mol. The molecule has 1 aliphatic rings. The van der Waals surface area contributed by atoms with Crippen LogP contribution in [-0.4, -0.2) is 35.7 Å². The third-order valence-corrected chi connectivity index (χ3v) is 3.91. The fraction of sp³-hybridized carbons (Fsp3) is 0.833. The van der Waals surface area contributed by atoms with Crippen LogP contribution in [0.1, 0.15) is 33.6 Å². The van der Waals surface area contributed by atoms with Crippen molar-refractivity contribution in [3.8, 4) is 0 Å². The predicted octanol–water partition coefficient (Wildman–Crippen LogP) is 2.01. The molecule has 1 saturated heterocycles. The summed E-state index contributed by atoms with van der Waals surface area (Å²) in [5.41, 5.74) is -0.398. The lowest BCUT2D eigenvalue weighted by Crippen LogP contribution is -2.39. The molecule has 17 heavy (non-hydrogen) atoms. The van der Waals surface area contributed by atoms with Crippen LogP contribution >= 0.6 is 11.8 Å². The molecule has 0 amide bonds. The molecule has 1 fully saturated rings. The van der Waals surface area contributed by atoms with Gasteiger partial charge in [0.2, 0.25) is 0 Å². The maximum absolute atomic E-state index is 11.8. The van der Waals surface area contributed by atoms with E-state index in [9.17, 15) is 9.59 Å². The molecule has 0 N–H and O–H groups in total. The van der Waals surface area contributed by atoms with Crippen LogP contribution in [0.3, 0.4) is 0 Å². The van der Waals surface area contributed by atoms with Gasteiger partial charge in [0.1, 0.15) is 5.60 Å². The van der Waals surface area contributed by atoms with Crippen LogP contribution in [0.2, 0.25) is 0 Å². The Balaban J connectivity index is 2.39. The van der Waals surface area contributed by atoms with Crippen molar-refractivity contribution in [2.24, 2.45) is 5.92 Å². The van der Waals surface area contributed by atoms with Crippen molar-refractivity contribution in [1.29, 1.82) is 0 Å². The van der Waals surface area contributed by atoms with Gasteiger partial charge in [0.05, 0.1) is 19.1 Å². The lowest BCUT2D eigenvalue weighted by molar-refractivity contribution is -0.170. The third kappa shape index (κ3) is 5.08. The lowest BCUT2D eigenvalue weighted by atomic mass is 9.96. The first-order valence-electron chi connectivity index (χ1n) is 5.87. The molecule has 1 aliphatic heterocycles. The van der Waals surface area contributed by atoms with Crippen molar-refractivity contribution in [3.05, 3.63) is 0 Å². The number of carbonyl (C=O) groups is 2. The minimum Gasteiger partial charge on any atom is -0.459 e. The van der Waals surface area contributed by atoms with Crippen LogP contribution in [0.25, 0.3) is 0 Å². The van der Waals surface area contributed by atoms with Crippen LogP contribution in [-0.2, 0) is 19.1 Å². The van der Waals surface area contributed by atoms with E-state index < -0.39 is 5.60 Å². The van der Waals surface area contributed by atoms with Crippen molar-refractivity contribution >= 4 is 22.8 Å². The molecule has 0 aromatic rings. The molecule has 98 valence electrons. The highest BCUT2D eigenvalue weighted by molar-refractivity contribution is 8.13. The van der Waals surface area contributed by atoms with E-state index in [0.717, 1.165) is 24.6 Å². The first-order chi connectivity index (χ1) is 7.93. The number of hydrogen-bond donors (Lipinski definition) is 0. The van der Waals surface area contributed by atoms with Gasteiger partial charge in [-0.05, 0) is 6.92 Å². The van der Waals surface area contributed by atoms with Crippen LogP contribution < -0.4 is 0 Å². The Morgan fingerprint density at radius 1 is 1.41 bits per heavy atom. The van der Waals surface area contributed by atoms with Gasteiger partial charge in [-0.3, -0.25) is 9.59 Å². The van der Waals surface area contributed by atoms with Crippen LogP contribution in [0.5, 0.6) is 0 Å². The van der Waals surface area contributed by atoms with E-state index in [1.54, 1.807) is 6.92 Å². The van der Waals surface area contributed by atoms with Crippen LogP contribution in [0.15, 0.2) is 0 Å². The highest BCUT2D eigenvalue weighted by Crippen LogP contribution is 2.26. The van der Waals surface area contributed by atoms with Gasteiger partial charge in [-0.1, -0.05) is 18.7 Å². The summed E-state index contributed by atoms with van der Waals surface area (Å²) >= 11 is 1.16. The fourth-order valence-electron chi connectivity index (χ4n) is 1.56. The molecule has 0 aliphatic carbocycles. The summed E-state index contributed by atoms with van der Waals surface area (Å²) in [4.78, 5) is 22.7. The molecule has 0 saturated carbocycles. The van der Waals surface area contributed by atoms with E-state index in [1.807, 2.05) is 6.92 Å². The number of carbonyl (C=O) groups excluding carboxylic acids is 2. The Kier molecular flexibility index (Phi) is 5.46. The minimum absolute atomic E-state index is 0.0296. The zero-order valence-corrected chi connectivity index (χ0v) is 11.5. The molecular weight excluding hydrogens is 240 g/mol. The van der Waals surface area contributed by atoms with Crippen molar-refractivity contribution in [2.75, 3.05) is 19.0 Å². The Hall–Kier alpha value is -0.550. The Labute approximate surface area is 106 Å². The van der Waals surface area contributed by atoms with Crippen molar-refractivity contribution in [3.63, 3.8) is 0 Å². The quantitative estimate of drug-likeness (QED) is 0.724. The van der Waals surface area contributed by atoms with E-state index in [2.05, 4.69) is 0 Å². The molecule has 1 atom stereocenters. The first kappa shape index (κ1) is 14.5. The van der Waals surface area contributed by atoms with Gasteiger partial charge in [0.25, 0.3) is 0 Å². The molecule has 0 bridgehead atoms. The monoisotopic (exact) mass is 260 g/mol. The number of hydrogen-bond acceptors (Lipinski definition) is 5. The summed E-state index contributed by atoms with van der Waals surface area (Å²) in [5, 5.41) is 0.0296. The van der Waals surface area contributed by atoms with E-state index in [0.29, 0.717) is 19.0 Å². The summed E-state index contributed by atoms with van der Waals surface area (Å²) < 4.78 is 10.8.